The van der Waals surface area contributed by atoms with Gasteiger partial charge in [0.05, 0.1) is 6.73 Å². The molecule has 0 heterocycles. The Hall–Kier alpha value is -1.16. The summed E-state index contributed by atoms with van der Waals surface area (Å²) in [6, 6.07) is 0.674. The number of hydrogen-bond donors (Lipinski definition) is 0. The minimum atomic E-state index is 0.674. The molecule has 0 N–H and O–H groups in total. The van der Waals surface area contributed by atoms with Crippen LogP contribution in [-0.2, 0) is 4.74 Å². The van der Waals surface area contributed by atoms with Gasteiger partial charge < -0.3 is 9.64 Å². The van der Waals surface area contributed by atoms with Gasteiger partial charge in [0.1, 0.15) is 0 Å². The molecule has 0 bridgehead atoms. The predicted molar refractivity (Wildman–Crippen MR) is 250 cm³/mol. The molecule has 0 aromatic rings. The molecule has 0 atom stereocenters. The maximum atomic E-state index is 6.42. The third-order valence-electron chi connectivity index (χ3n) is 11.2. The highest BCUT2D eigenvalue weighted by Gasteiger charge is 2.18. The lowest BCUT2D eigenvalue weighted by Gasteiger charge is -2.32. The van der Waals surface area contributed by atoms with Crippen LogP contribution in [0.4, 0.5) is 0 Å². The summed E-state index contributed by atoms with van der Waals surface area (Å²) in [6.07, 6.45) is 64.2. The molecular weight excluding hydrogens is 669 g/mol. The highest BCUT2D eigenvalue weighted by molar-refractivity contribution is 4.93. The lowest BCUT2D eigenvalue weighted by molar-refractivity contribution is -0.00362. The second-order valence-corrected chi connectivity index (χ2v) is 17.0. The fourth-order valence-electron chi connectivity index (χ4n) is 7.53. The summed E-state index contributed by atoms with van der Waals surface area (Å²) in [5, 5.41) is 0. The van der Waals surface area contributed by atoms with Gasteiger partial charge in [-0.3, -0.25) is 4.90 Å². The summed E-state index contributed by atoms with van der Waals surface area (Å²) in [6.45, 7) is 11.0. The van der Waals surface area contributed by atoms with Crippen LogP contribution in [0.2, 0.25) is 0 Å². The molecule has 0 saturated carbocycles. The Labute approximate surface area is 347 Å². The molecule has 0 aliphatic rings. The Morgan fingerprint density at radius 3 is 1.18 bits per heavy atom. The zero-order valence-corrected chi connectivity index (χ0v) is 38.4. The number of nitrogens with zero attached hydrogens (tertiary/aromatic N) is 2. The van der Waals surface area contributed by atoms with Gasteiger partial charge in [-0.05, 0) is 111 Å². The quantitative estimate of drug-likeness (QED) is 0.0349. The fourth-order valence-corrected chi connectivity index (χ4v) is 7.53. The van der Waals surface area contributed by atoms with Crippen molar-refractivity contribution in [3.63, 3.8) is 0 Å². The maximum absolute atomic E-state index is 6.42. The summed E-state index contributed by atoms with van der Waals surface area (Å²) < 4.78 is 6.42. The molecule has 0 saturated heterocycles. The van der Waals surface area contributed by atoms with E-state index in [1.807, 2.05) is 0 Å². The van der Waals surface area contributed by atoms with E-state index in [0.29, 0.717) is 6.04 Å². The first-order valence-corrected chi connectivity index (χ1v) is 24.7. The van der Waals surface area contributed by atoms with Gasteiger partial charge >= 0.3 is 0 Å². The normalized spacial score (nSPS) is 12.6. The first kappa shape index (κ1) is 53.8. The van der Waals surface area contributed by atoms with Crippen LogP contribution < -0.4 is 0 Å². The molecule has 0 radical (unpaired) electrons. The molecule has 55 heavy (non-hydrogen) atoms. The van der Waals surface area contributed by atoms with Crippen molar-refractivity contribution in [2.75, 3.05) is 40.5 Å². The second kappa shape index (κ2) is 47.2. The van der Waals surface area contributed by atoms with E-state index in [0.717, 1.165) is 32.7 Å². The van der Waals surface area contributed by atoms with Crippen LogP contribution in [0.3, 0.4) is 0 Å². The monoisotopic (exact) mass is 769 g/mol. The van der Waals surface area contributed by atoms with Gasteiger partial charge in [-0.25, -0.2) is 0 Å². The molecule has 0 amide bonds. The summed E-state index contributed by atoms with van der Waals surface area (Å²) in [5.74, 6) is 0. The average Bonchev–Trinajstić information content (AvgIpc) is 3.18. The fraction of sp³-hybridized carbons (Fsp3) is 0.846. The molecule has 0 aromatic carbocycles. The van der Waals surface area contributed by atoms with E-state index in [9.17, 15) is 0 Å². The van der Waals surface area contributed by atoms with Crippen molar-refractivity contribution in [2.24, 2.45) is 0 Å². The van der Waals surface area contributed by atoms with Crippen molar-refractivity contribution in [2.45, 2.75) is 245 Å². The maximum Gasteiger partial charge on any atom is 0.0992 e. The van der Waals surface area contributed by atoms with Crippen LogP contribution >= 0.6 is 0 Å². The standard InChI is InChI=1S/C52H100N2O/c1-6-9-12-15-18-20-22-24-26-28-30-32-34-36-39-42-46-52(47-43-40-37-35-33-31-29-27-25-23-21-19-16-13-10-7-2)54(49-45-48-53(4)5)51-55-50-44-41-38-17-14-11-8-3/h18-21,24-27,52H,6-17,22-23,28-51H2,1-5H3/b20-18-,21-19-,26-24-,27-25-. The topological polar surface area (TPSA) is 15.7 Å². The SMILES string of the molecule is CCCCC/C=C\C/C=C\CCCCCCCCC(CCCCCCCC/C=C\C/C=C\CCCCC)N(CCCN(C)C)COCCCCCCCCC. The van der Waals surface area contributed by atoms with E-state index >= 15 is 0 Å². The van der Waals surface area contributed by atoms with Gasteiger partial charge in [0.25, 0.3) is 0 Å². The van der Waals surface area contributed by atoms with Gasteiger partial charge in [-0.2, -0.15) is 0 Å². The van der Waals surface area contributed by atoms with Gasteiger partial charge in [-0.15, -0.1) is 0 Å². The number of rotatable bonds is 45. The average molecular weight is 769 g/mol. The Balaban J connectivity index is 4.64. The van der Waals surface area contributed by atoms with E-state index in [1.165, 1.54) is 212 Å². The second-order valence-electron chi connectivity index (χ2n) is 17.0. The number of allylic oxidation sites excluding steroid dienone is 8. The van der Waals surface area contributed by atoms with Crippen molar-refractivity contribution in [3.05, 3.63) is 48.6 Å². The summed E-state index contributed by atoms with van der Waals surface area (Å²) in [7, 11) is 4.43. The third-order valence-corrected chi connectivity index (χ3v) is 11.2. The molecule has 0 aromatic heterocycles. The van der Waals surface area contributed by atoms with Crippen molar-refractivity contribution in [3.8, 4) is 0 Å². The third kappa shape index (κ3) is 43.8. The van der Waals surface area contributed by atoms with Crippen molar-refractivity contribution in [1.29, 1.82) is 0 Å². The Morgan fingerprint density at radius 2 is 0.745 bits per heavy atom. The van der Waals surface area contributed by atoms with Crippen LogP contribution in [0.25, 0.3) is 0 Å². The lowest BCUT2D eigenvalue weighted by Crippen LogP contribution is -2.39. The number of unbranched alkanes of at least 4 members (excludes halogenated alkanes) is 24. The van der Waals surface area contributed by atoms with Crippen LogP contribution in [0.1, 0.15) is 239 Å². The summed E-state index contributed by atoms with van der Waals surface area (Å²) >= 11 is 0. The molecule has 0 rings (SSSR count). The minimum Gasteiger partial charge on any atom is -0.366 e. The highest BCUT2D eigenvalue weighted by atomic mass is 16.5. The number of hydrogen-bond acceptors (Lipinski definition) is 3. The van der Waals surface area contributed by atoms with Gasteiger partial charge in [0.15, 0.2) is 0 Å². The first-order chi connectivity index (χ1) is 27.2. The van der Waals surface area contributed by atoms with Gasteiger partial charge in [-0.1, -0.05) is 198 Å². The van der Waals surface area contributed by atoms with E-state index in [4.69, 9.17) is 4.74 Å². The van der Waals surface area contributed by atoms with E-state index in [-0.39, 0.29) is 0 Å². The molecule has 0 spiro atoms. The zero-order valence-electron chi connectivity index (χ0n) is 38.4. The molecular formula is C52H100N2O. The minimum absolute atomic E-state index is 0.674. The Bertz CT molecular complexity index is 781. The van der Waals surface area contributed by atoms with E-state index < -0.39 is 0 Å². The molecule has 3 heteroatoms. The van der Waals surface area contributed by atoms with Crippen molar-refractivity contribution >= 4 is 0 Å². The molecule has 0 unspecified atom stereocenters. The molecule has 3 nitrogen and oxygen atoms in total. The highest BCUT2D eigenvalue weighted by Crippen LogP contribution is 2.20. The molecule has 0 aliphatic heterocycles. The van der Waals surface area contributed by atoms with Crippen LogP contribution in [0, 0.1) is 0 Å². The number of ether oxygens (including phenoxy) is 1. The summed E-state index contributed by atoms with van der Waals surface area (Å²) in [5.41, 5.74) is 0. The largest absolute Gasteiger partial charge is 0.366 e. The first-order valence-electron chi connectivity index (χ1n) is 24.7. The van der Waals surface area contributed by atoms with E-state index in [1.54, 1.807) is 0 Å². The molecule has 0 aliphatic carbocycles. The van der Waals surface area contributed by atoms with Crippen molar-refractivity contribution in [1.82, 2.24) is 9.80 Å². The predicted octanol–water partition coefficient (Wildman–Crippen LogP) is 16.7. The Morgan fingerprint density at radius 1 is 0.382 bits per heavy atom. The van der Waals surface area contributed by atoms with E-state index in [2.05, 4.69) is 93.3 Å². The smallest absolute Gasteiger partial charge is 0.0992 e. The van der Waals surface area contributed by atoms with Gasteiger partial charge in [0.2, 0.25) is 0 Å². The lowest BCUT2D eigenvalue weighted by atomic mass is 9.98. The van der Waals surface area contributed by atoms with Crippen LogP contribution in [0.5, 0.6) is 0 Å². The van der Waals surface area contributed by atoms with Crippen molar-refractivity contribution < 1.29 is 4.74 Å². The molecule has 324 valence electrons. The van der Waals surface area contributed by atoms with Gasteiger partial charge in [0, 0.05) is 19.2 Å². The van der Waals surface area contributed by atoms with Crippen LogP contribution in [-0.4, -0.2) is 56.4 Å². The van der Waals surface area contributed by atoms with Crippen LogP contribution in [0.15, 0.2) is 48.6 Å². The summed E-state index contributed by atoms with van der Waals surface area (Å²) in [4.78, 5) is 5.10. The zero-order chi connectivity index (χ0) is 40.0. The molecule has 0 fully saturated rings. The Kier molecular flexibility index (Phi) is 46.2.